The molecule has 31 heavy (non-hydrogen) atoms. The second-order valence-electron chi connectivity index (χ2n) is 8.29. The number of hydrogen-bond acceptors (Lipinski definition) is 4. The zero-order chi connectivity index (χ0) is 21.5. The van der Waals surface area contributed by atoms with Crippen LogP contribution in [0.1, 0.15) is 23.7 Å². The molecule has 6 heteroatoms. The predicted octanol–water partition coefficient (Wildman–Crippen LogP) is 4.34. The molecule has 0 atom stereocenters. The first-order valence-electron chi connectivity index (χ1n) is 10.5. The van der Waals surface area contributed by atoms with Gasteiger partial charge in [0.15, 0.2) is 0 Å². The van der Waals surface area contributed by atoms with Crippen molar-refractivity contribution in [2.45, 2.75) is 26.8 Å². The van der Waals surface area contributed by atoms with Gasteiger partial charge in [0.1, 0.15) is 11.6 Å². The Morgan fingerprint density at radius 1 is 1.03 bits per heavy atom. The first-order chi connectivity index (χ1) is 15.0. The number of benzene rings is 1. The number of nitrogens with one attached hydrogen (secondary N) is 1. The van der Waals surface area contributed by atoms with Crippen molar-refractivity contribution >= 4 is 22.6 Å². The Hall–Kier alpha value is -3.51. The minimum Gasteiger partial charge on any atom is -0.311 e. The standard InChI is InChI=1S/C25H25N5O/c1-16-4-7-22-20(12-16)21-15-29(3)11-10-23(21)30(22)25-9-6-19(14-27-25)18-5-8-24(26-13-18)28-17(2)31/h4-9,12-14H,10-11,15H2,1-3H3,(H,26,28,31). The van der Waals surface area contributed by atoms with E-state index in [1.807, 2.05) is 12.3 Å². The van der Waals surface area contributed by atoms with Crippen molar-refractivity contribution in [3.63, 3.8) is 0 Å². The Kier molecular flexibility index (Phi) is 4.79. The molecule has 1 aliphatic heterocycles. The zero-order valence-corrected chi connectivity index (χ0v) is 18.0. The summed E-state index contributed by atoms with van der Waals surface area (Å²) in [7, 11) is 2.18. The summed E-state index contributed by atoms with van der Waals surface area (Å²) in [5.41, 5.74) is 7.22. The van der Waals surface area contributed by atoms with Gasteiger partial charge in [0, 0.05) is 61.0 Å². The quantitative estimate of drug-likeness (QED) is 0.545. The van der Waals surface area contributed by atoms with Crippen molar-refractivity contribution in [2.24, 2.45) is 0 Å². The monoisotopic (exact) mass is 411 g/mol. The fraction of sp³-hybridized carbons (Fsp3) is 0.240. The zero-order valence-electron chi connectivity index (χ0n) is 18.0. The molecule has 3 aromatic heterocycles. The smallest absolute Gasteiger partial charge is 0.222 e. The average molecular weight is 412 g/mol. The van der Waals surface area contributed by atoms with Gasteiger partial charge in [0.05, 0.1) is 5.52 Å². The molecule has 0 aliphatic carbocycles. The van der Waals surface area contributed by atoms with Crippen LogP contribution in [0.15, 0.2) is 54.9 Å². The molecular weight excluding hydrogens is 386 g/mol. The van der Waals surface area contributed by atoms with Crippen LogP contribution in [0.25, 0.3) is 27.8 Å². The highest BCUT2D eigenvalue weighted by Gasteiger charge is 2.23. The number of aryl methyl sites for hydroxylation is 1. The Morgan fingerprint density at radius 2 is 1.81 bits per heavy atom. The maximum atomic E-state index is 11.2. The van der Waals surface area contributed by atoms with Crippen molar-refractivity contribution in [2.75, 3.05) is 18.9 Å². The maximum Gasteiger partial charge on any atom is 0.222 e. The van der Waals surface area contributed by atoms with Crippen molar-refractivity contribution < 1.29 is 4.79 Å². The first kappa shape index (κ1) is 19.5. The minimum atomic E-state index is -0.130. The molecule has 1 aromatic carbocycles. The lowest BCUT2D eigenvalue weighted by atomic mass is 10.0. The number of carbonyl (C=O) groups is 1. The number of anilines is 1. The first-order valence-corrected chi connectivity index (χ1v) is 10.5. The largest absolute Gasteiger partial charge is 0.311 e. The van der Waals surface area contributed by atoms with E-state index in [-0.39, 0.29) is 5.91 Å². The lowest BCUT2D eigenvalue weighted by molar-refractivity contribution is -0.114. The van der Waals surface area contributed by atoms with Crippen LogP contribution in [0.3, 0.4) is 0 Å². The SMILES string of the molecule is CC(=O)Nc1ccc(-c2ccc(-n3c4c(c5cc(C)ccc53)CN(C)CC4)nc2)cn1. The van der Waals surface area contributed by atoms with Gasteiger partial charge in [0.2, 0.25) is 5.91 Å². The highest BCUT2D eigenvalue weighted by molar-refractivity contribution is 5.88. The van der Waals surface area contributed by atoms with E-state index < -0.39 is 0 Å². The molecule has 4 aromatic rings. The minimum absolute atomic E-state index is 0.130. The molecule has 6 nitrogen and oxygen atoms in total. The van der Waals surface area contributed by atoms with Crippen LogP contribution in [-0.4, -0.2) is 38.9 Å². The Morgan fingerprint density at radius 3 is 2.48 bits per heavy atom. The molecular formula is C25H25N5O. The number of aromatic nitrogens is 3. The summed E-state index contributed by atoms with van der Waals surface area (Å²) in [6, 6.07) is 14.6. The third kappa shape index (κ3) is 3.59. The molecule has 0 radical (unpaired) electrons. The Balaban J connectivity index is 1.54. The summed E-state index contributed by atoms with van der Waals surface area (Å²) >= 11 is 0. The highest BCUT2D eigenvalue weighted by atomic mass is 16.1. The topological polar surface area (TPSA) is 63.1 Å². The average Bonchev–Trinajstić information content (AvgIpc) is 3.07. The lowest BCUT2D eigenvalue weighted by Crippen LogP contribution is -2.27. The summed E-state index contributed by atoms with van der Waals surface area (Å²) in [5, 5.41) is 4.02. The van der Waals surface area contributed by atoms with Gasteiger partial charge in [-0.2, -0.15) is 0 Å². The van der Waals surface area contributed by atoms with Gasteiger partial charge >= 0.3 is 0 Å². The second kappa shape index (κ2) is 7.63. The number of nitrogens with zero attached hydrogens (tertiary/aromatic N) is 4. The van der Waals surface area contributed by atoms with Crippen LogP contribution in [0.2, 0.25) is 0 Å². The molecule has 0 unspecified atom stereocenters. The number of hydrogen-bond donors (Lipinski definition) is 1. The van der Waals surface area contributed by atoms with Crippen LogP contribution < -0.4 is 5.32 Å². The molecule has 1 N–H and O–H groups in total. The van der Waals surface area contributed by atoms with E-state index in [0.717, 1.165) is 36.5 Å². The Bertz CT molecular complexity index is 1270. The van der Waals surface area contributed by atoms with Crippen molar-refractivity contribution in [1.82, 2.24) is 19.4 Å². The number of likely N-dealkylation sites (N-methyl/N-ethyl adjacent to an activating group) is 1. The van der Waals surface area contributed by atoms with E-state index in [1.54, 1.807) is 12.3 Å². The molecule has 0 fully saturated rings. The van der Waals surface area contributed by atoms with Gasteiger partial charge in [-0.05, 0) is 55.9 Å². The summed E-state index contributed by atoms with van der Waals surface area (Å²) in [6.07, 6.45) is 4.66. The second-order valence-corrected chi connectivity index (χ2v) is 8.29. The summed E-state index contributed by atoms with van der Waals surface area (Å²) in [5.74, 6) is 1.35. The summed E-state index contributed by atoms with van der Waals surface area (Å²) < 4.78 is 2.32. The number of rotatable bonds is 3. The maximum absolute atomic E-state index is 11.2. The third-order valence-corrected chi connectivity index (χ3v) is 5.87. The van der Waals surface area contributed by atoms with Crippen LogP contribution in [0.4, 0.5) is 5.82 Å². The molecule has 1 amide bonds. The van der Waals surface area contributed by atoms with Gasteiger partial charge in [0.25, 0.3) is 0 Å². The molecule has 0 saturated carbocycles. The van der Waals surface area contributed by atoms with Gasteiger partial charge < -0.3 is 10.2 Å². The summed E-state index contributed by atoms with van der Waals surface area (Å²) in [6.45, 7) is 5.63. The van der Waals surface area contributed by atoms with E-state index in [4.69, 9.17) is 4.98 Å². The number of fused-ring (bicyclic) bond motifs is 3. The molecule has 5 rings (SSSR count). The molecule has 0 saturated heterocycles. The van der Waals surface area contributed by atoms with Crippen molar-refractivity contribution in [1.29, 1.82) is 0 Å². The summed E-state index contributed by atoms with van der Waals surface area (Å²) in [4.78, 5) is 22.7. The number of pyridine rings is 2. The van der Waals surface area contributed by atoms with Crippen molar-refractivity contribution in [3.05, 3.63) is 71.7 Å². The fourth-order valence-corrected chi connectivity index (χ4v) is 4.38. The molecule has 156 valence electrons. The normalized spacial score (nSPS) is 13.9. The predicted molar refractivity (Wildman–Crippen MR) is 123 cm³/mol. The van der Waals surface area contributed by atoms with E-state index in [1.165, 1.54) is 34.6 Å². The fourth-order valence-electron chi connectivity index (χ4n) is 4.38. The van der Waals surface area contributed by atoms with Crippen LogP contribution in [0.5, 0.6) is 0 Å². The number of carbonyl (C=O) groups excluding carboxylic acids is 1. The van der Waals surface area contributed by atoms with E-state index in [0.29, 0.717) is 5.82 Å². The molecule has 1 aliphatic rings. The van der Waals surface area contributed by atoms with E-state index in [2.05, 4.69) is 64.1 Å². The van der Waals surface area contributed by atoms with Gasteiger partial charge in [-0.15, -0.1) is 0 Å². The molecule has 4 heterocycles. The molecule has 0 bridgehead atoms. The van der Waals surface area contributed by atoms with Crippen LogP contribution in [0, 0.1) is 6.92 Å². The van der Waals surface area contributed by atoms with Crippen LogP contribution in [-0.2, 0) is 17.8 Å². The van der Waals surface area contributed by atoms with E-state index >= 15 is 0 Å². The Labute approximate surface area is 181 Å². The van der Waals surface area contributed by atoms with Gasteiger partial charge in [-0.3, -0.25) is 9.36 Å². The van der Waals surface area contributed by atoms with Gasteiger partial charge in [-0.1, -0.05) is 11.6 Å². The van der Waals surface area contributed by atoms with Crippen molar-refractivity contribution in [3.8, 4) is 16.9 Å². The third-order valence-electron chi connectivity index (χ3n) is 5.87. The van der Waals surface area contributed by atoms with E-state index in [9.17, 15) is 4.79 Å². The highest BCUT2D eigenvalue weighted by Crippen LogP contribution is 2.33. The lowest BCUT2D eigenvalue weighted by Gasteiger charge is -2.24. The van der Waals surface area contributed by atoms with Gasteiger partial charge in [-0.25, -0.2) is 9.97 Å². The molecule has 0 spiro atoms. The van der Waals surface area contributed by atoms with Crippen LogP contribution >= 0.6 is 0 Å². The number of amides is 1.